The number of carbonyl (C=O) groups is 2. The Bertz CT molecular complexity index is 1100. The van der Waals surface area contributed by atoms with E-state index in [2.05, 4.69) is 10.0 Å². The van der Waals surface area contributed by atoms with Crippen LogP contribution in [0.15, 0.2) is 47.4 Å². The molecule has 0 bridgehead atoms. The number of nitrogens with one attached hydrogen (secondary N) is 2. The number of hydrogen-bond donors (Lipinski definition) is 2. The second-order valence-electron chi connectivity index (χ2n) is 7.34. The number of hydrogen-bond acceptors (Lipinski definition) is 6. The number of carbonyl (C=O) groups excluding carboxylic acids is 2. The number of sulfonamides is 1. The van der Waals surface area contributed by atoms with E-state index < -0.39 is 22.0 Å². The molecular formula is C22H26ClN3O6S. The minimum atomic E-state index is -3.99. The molecule has 0 aromatic heterocycles. The van der Waals surface area contributed by atoms with Crippen LogP contribution in [0.3, 0.4) is 0 Å². The molecule has 0 saturated carbocycles. The molecule has 3 rings (SSSR count). The fourth-order valence-corrected chi connectivity index (χ4v) is 4.53. The van der Waals surface area contributed by atoms with Crippen LogP contribution < -0.4 is 14.8 Å². The van der Waals surface area contributed by atoms with Gasteiger partial charge in [-0.15, -0.1) is 0 Å². The van der Waals surface area contributed by atoms with Crippen LogP contribution in [0.4, 0.5) is 5.69 Å². The van der Waals surface area contributed by atoms with Crippen molar-refractivity contribution in [3.05, 3.63) is 53.1 Å². The van der Waals surface area contributed by atoms with Crippen molar-refractivity contribution in [3.8, 4) is 5.75 Å². The van der Waals surface area contributed by atoms with E-state index in [1.807, 2.05) is 6.92 Å². The van der Waals surface area contributed by atoms with E-state index in [1.54, 1.807) is 36.1 Å². The average molecular weight is 496 g/mol. The number of anilines is 1. The third kappa shape index (κ3) is 6.37. The van der Waals surface area contributed by atoms with Gasteiger partial charge in [-0.2, -0.15) is 0 Å². The van der Waals surface area contributed by atoms with Crippen LogP contribution in [0.25, 0.3) is 0 Å². The molecular weight excluding hydrogens is 470 g/mol. The van der Waals surface area contributed by atoms with Gasteiger partial charge in [0, 0.05) is 18.8 Å². The van der Waals surface area contributed by atoms with Gasteiger partial charge in [-0.05, 0) is 56.3 Å². The van der Waals surface area contributed by atoms with Gasteiger partial charge in [0.15, 0.2) is 0 Å². The molecule has 1 aliphatic rings. The number of benzene rings is 2. The SMILES string of the molecule is CCOc1ccc(NS(=O)(=O)c2ccc(Cl)c(C(=O)NC(C)C(=O)N3CCOCC3)c2)cc1. The van der Waals surface area contributed by atoms with Crippen molar-refractivity contribution in [1.82, 2.24) is 10.2 Å². The van der Waals surface area contributed by atoms with Crippen LogP contribution in [-0.2, 0) is 19.6 Å². The Balaban J connectivity index is 1.73. The van der Waals surface area contributed by atoms with E-state index in [-0.39, 0.29) is 21.4 Å². The van der Waals surface area contributed by atoms with Gasteiger partial charge in [0.25, 0.3) is 15.9 Å². The topological polar surface area (TPSA) is 114 Å². The van der Waals surface area contributed by atoms with Gasteiger partial charge in [-0.1, -0.05) is 11.6 Å². The fourth-order valence-electron chi connectivity index (χ4n) is 3.24. The third-order valence-corrected chi connectivity index (χ3v) is 6.66. The van der Waals surface area contributed by atoms with Crippen LogP contribution >= 0.6 is 11.6 Å². The largest absolute Gasteiger partial charge is 0.494 e. The van der Waals surface area contributed by atoms with Crippen LogP contribution in [-0.4, -0.2) is 64.1 Å². The molecule has 0 aliphatic carbocycles. The highest BCUT2D eigenvalue weighted by molar-refractivity contribution is 7.92. The van der Waals surface area contributed by atoms with Gasteiger partial charge in [0.2, 0.25) is 5.91 Å². The lowest BCUT2D eigenvalue weighted by Crippen LogP contribution is -2.50. The lowest BCUT2D eigenvalue weighted by Gasteiger charge is -2.29. The zero-order chi connectivity index (χ0) is 24.0. The van der Waals surface area contributed by atoms with E-state index in [1.165, 1.54) is 18.2 Å². The summed E-state index contributed by atoms with van der Waals surface area (Å²) in [6.07, 6.45) is 0. The number of amides is 2. The molecule has 1 atom stereocenters. The summed E-state index contributed by atoms with van der Waals surface area (Å²) in [4.78, 5) is 26.8. The summed E-state index contributed by atoms with van der Waals surface area (Å²) in [5.74, 6) is -0.275. The highest BCUT2D eigenvalue weighted by atomic mass is 35.5. The number of morpholine rings is 1. The third-order valence-electron chi connectivity index (χ3n) is 4.95. The van der Waals surface area contributed by atoms with Crippen LogP contribution in [0, 0.1) is 0 Å². The predicted molar refractivity (Wildman–Crippen MR) is 124 cm³/mol. The van der Waals surface area contributed by atoms with E-state index in [9.17, 15) is 18.0 Å². The monoisotopic (exact) mass is 495 g/mol. The van der Waals surface area contributed by atoms with Crippen LogP contribution in [0.5, 0.6) is 5.75 Å². The summed E-state index contributed by atoms with van der Waals surface area (Å²) in [5.41, 5.74) is 0.289. The maximum atomic E-state index is 12.8. The molecule has 2 N–H and O–H groups in total. The summed E-state index contributed by atoms with van der Waals surface area (Å²) in [5, 5.41) is 2.66. The van der Waals surface area contributed by atoms with Gasteiger partial charge in [0.05, 0.1) is 35.3 Å². The second kappa shape index (κ2) is 10.9. The van der Waals surface area contributed by atoms with E-state index in [0.29, 0.717) is 44.3 Å². The van der Waals surface area contributed by atoms with Crippen molar-refractivity contribution >= 4 is 39.1 Å². The molecule has 2 amide bonds. The molecule has 1 saturated heterocycles. The Morgan fingerprint density at radius 2 is 1.82 bits per heavy atom. The van der Waals surface area contributed by atoms with Crippen molar-refractivity contribution in [2.75, 3.05) is 37.6 Å². The number of ether oxygens (including phenoxy) is 2. The molecule has 1 fully saturated rings. The molecule has 9 nitrogen and oxygen atoms in total. The Morgan fingerprint density at radius 1 is 1.15 bits per heavy atom. The lowest BCUT2D eigenvalue weighted by molar-refractivity contribution is -0.136. The molecule has 1 aliphatic heterocycles. The molecule has 1 heterocycles. The quantitative estimate of drug-likeness (QED) is 0.581. The van der Waals surface area contributed by atoms with Gasteiger partial charge in [-0.25, -0.2) is 8.42 Å². The van der Waals surface area contributed by atoms with Crippen molar-refractivity contribution in [3.63, 3.8) is 0 Å². The minimum absolute atomic E-state index is 0.0483. The molecule has 0 radical (unpaired) electrons. The Morgan fingerprint density at radius 3 is 2.45 bits per heavy atom. The summed E-state index contributed by atoms with van der Waals surface area (Å²) < 4.78 is 38.7. The van der Waals surface area contributed by atoms with Crippen molar-refractivity contribution in [2.45, 2.75) is 24.8 Å². The normalized spacial score (nSPS) is 14.9. The minimum Gasteiger partial charge on any atom is -0.494 e. The maximum Gasteiger partial charge on any atom is 0.261 e. The number of halogens is 1. The Kier molecular flexibility index (Phi) is 8.17. The first-order chi connectivity index (χ1) is 15.7. The molecule has 1 unspecified atom stereocenters. The molecule has 2 aromatic rings. The molecule has 11 heteroatoms. The smallest absolute Gasteiger partial charge is 0.261 e. The summed E-state index contributed by atoms with van der Waals surface area (Å²) in [7, 11) is -3.99. The summed E-state index contributed by atoms with van der Waals surface area (Å²) in [6, 6.07) is 9.45. The van der Waals surface area contributed by atoms with Gasteiger partial charge >= 0.3 is 0 Å². The highest BCUT2D eigenvalue weighted by Crippen LogP contribution is 2.24. The first-order valence-electron chi connectivity index (χ1n) is 10.4. The molecule has 2 aromatic carbocycles. The molecule has 33 heavy (non-hydrogen) atoms. The Labute approximate surface area is 198 Å². The molecule has 178 valence electrons. The fraction of sp³-hybridized carbons (Fsp3) is 0.364. The number of rotatable bonds is 8. The highest BCUT2D eigenvalue weighted by Gasteiger charge is 2.25. The van der Waals surface area contributed by atoms with Crippen LogP contribution in [0.1, 0.15) is 24.2 Å². The summed E-state index contributed by atoms with van der Waals surface area (Å²) >= 11 is 6.16. The zero-order valence-electron chi connectivity index (χ0n) is 18.3. The standard InChI is InChI=1S/C22H26ClN3O6S/c1-3-32-17-6-4-16(5-7-17)25-33(29,30)18-8-9-20(23)19(14-18)21(27)24-15(2)22(28)26-10-12-31-13-11-26/h4-9,14-15,25H,3,10-13H2,1-2H3,(H,24,27). The van der Waals surface area contributed by atoms with Crippen LogP contribution in [0.2, 0.25) is 5.02 Å². The van der Waals surface area contributed by atoms with Crippen molar-refractivity contribution in [1.29, 1.82) is 0 Å². The van der Waals surface area contributed by atoms with E-state index in [4.69, 9.17) is 21.1 Å². The lowest BCUT2D eigenvalue weighted by atomic mass is 10.2. The first-order valence-corrected chi connectivity index (χ1v) is 12.3. The van der Waals surface area contributed by atoms with Gasteiger partial charge in [-0.3, -0.25) is 14.3 Å². The second-order valence-corrected chi connectivity index (χ2v) is 9.43. The summed E-state index contributed by atoms with van der Waals surface area (Å²) in [6.45, 7) is 5.70. The first kappa shape index (κ1) is 24.8. The predicted octanol–water partition coefficient (Wildman–Crippen LogP) is 2.52. The zero-order valence-corrected chi connectivity index (χ0v) is 19.9. The van der Waals surface area contributed by atoms with Crippen molar-refractivity contribution in [2.24, 2.45) is 0 Å². The van der Waals surface area contributed by atoms with Gasteiger partial charge < -0.3 is 19.7 Å². The van der Waals surface area contributed by atoms with Crippen molar-refractivity contribution < 1.29 is 27.5 Å². The average Bonchev–Trinajstić information content (AvgIpc) is 2.80. The maximum absolute atomic E-state index is 12.8. The van der Waals surface area contributed by atoms with E-state index >= 15 is 0 Å². The Hall–Kier alpha value is -2.82. The van der Waals surface area contributed by atoms with E-state index in [0.717, 1.165) is 0 Å². The van der Waals surface area contributed by atoms with Gasteiger partial charge in [0.1, 0.15) is 11.8 Å². The molecule has 0 spiro atoms. The number of nitrogens with zero attached hydrogens (tertiary/aromatic N) is 1.